The van der Waals surface area contributed by atoms with E-state index in [0.717, 1.165) is 5.56 Å². The molecule has 0 radical (unpaired) electrons. The van der Waals surface area contributed by atoms with Gasteiger partial charge in [-0.05, 0) is 17.7 Å². The van der Waals surface area contributed by atoms with Gasteiger partial charge in [0.2, 0.25) is 0 Å². The monoisotopic (exact) mass is 290 g/mol. The Morgan fingerprint density at radius 3 is 2.40 bits per heavy atom. The van der Waals surface area contributed by atoms with Crippen molar-refractivity contribution >= 4 is 0 Å². The van der Waals surface area contributed by atoms with Crippen molar-refractivity contribution in [2.24, 2.45) is 0 Å². The van der Waals surface area contributed by atoms with Gasteiger partial charge in [-0.2, -0.15) is 13.2 Å². The number of hydrogen-bond donors (Lipinski definition) is 1. The lowest BCUT2D eigenvalue weighted by Gasteiger charge is -2.15. The molecule has 20 heavy (non-hydrogen) atoms. The minimum atomic E-state index is -4.48. The molecule has 1 atom stereocenters. The van der Waals surface area contributed by atoms with Crippen LogP contribution >= 0.6 is 0 Å². The van der Waals surface area contributed by atoms with Gasteiger partial charge in [0.25, 0.3) is 0 Å². The molecule has 0 saturated heterocycles. The second-order valence-electron chi connectivity index (χ2n) is 4.32. The Morgan fingerprint density at radius 1 is 1.30 bits per heavy atom. The Kier molecular flexibility index (Phi) is 6.04. The highest BCUT2D eigenvalue weighted by atomic mass is 19.4. The van der Waals surface area contributed by atoms with Crippen molar-refractivity contribution in [3.05, 3.63) is 42.0 Å². The molecule has 0 aromatic heterocycles. The maximum atomic E-state index is 12.2. The molecule has 0 bridgehead atoms. The van der Waals surface area contributed by atoms with Gasteiger partial charge in [0.15, 0.2) is 0 Å². The summed E-state index contributed by atoms with van der Waals surface area (Å²) in [6, 6.07) is 7.06. The number of aliphatic hydroxyl groups is 1. The molecule has 0 fully saturated rings. The molecule has 1 aromatic rings. The Hall–Kier alpha value is -1.53. The molecule has 0 aliphatic rings. The standard InChI is InChI=1S/C14H17F3O3/c1-10(14(15,16)17)7-12(18)9-20-8-11-3-5-13(19-2)6-4-11/h3-6,12,18H,1,7-9H2,2H3/t12-/m1/s1. The highest BCUT2D eigenvalue weighted by molar-refractivity contribution is 5.26. The van der Waals surface area contributed by atoms with Gasteiger partial charge >= 0.3 is 6.18 Å². The van der Waals surface area contributed by atoms with Crippen molar-refractivity contribution in [3.63, 3.8) is 0 Å². The zero-order chi connectivity index (χ0) is 15.2. The summed E-state index contributed by atoms with van der Waals surface area (Å²) < 4.78 is 46.8. The average Bonchev–Trinajstić information content (AvgIpc) is 2.38. The van der Waals surface area contributed by atoms with Gasteiger partial charge < -0.3 is 14.6 Å². The Bertz CT molecular complexity index is 426. The molecule has 0 aliphatic carbocycles. The van der Waals surface area contributed by atoms with E-state index in [1.807, 2.05) is 0 Å². The van der Waals surface area contributed by atoms with Gasteiger partial charge in [-0.3, -0.25) is 0 Å². The third-order valence-corrected chi connectivity index (χ3v) is 2.62. The van der Waals surface area contributed by atoms with E-state index in [4.69, 9.17) is 9.47 Å². The van der Waals surface area contributed by atoms with Crippen molar-refractivity contribution in [2.75, 3.05) is 13.7 Å². The Labute approximate surface area is 115 Å². The molecule has 0 aliphatic heterocycles. The first-order valence-corrected chi connectivity index (χ1v) is 5.96. The summed E-state index contributed by atoms with van der Waals surface area (Å²) in [5, 5.41) is 9.44. The van der Waals surface area contributed by atoms with Crippen LogP contribution in [0.15, 0.2) is 36.4 Å². The van der Waals surface area contributed by atoms with Crippen molar-refractivity contribution in [1.82, 2.24) is 0 Å². The number of benzene rings is 1. The Morgan fingerprint density at radius 2 is 1.90 bits per heavy atom. The highest BCUT2D eigenvalue weighted by Gasteiger charge is 2.32. The van der Waals surface area contributed by atoms with Crippen molar-refractivity contribution in [2.45, 2.75) is 25.3 Å². The minimum Gasteiger partial charge on any atom is -0.497 e. The quantitative estimate of drug-likeness (QED) is 0.784. The molecule has 0 unspecified atom stereocenters. The van der Waals surface area contributed by atoms with E-state index < -0.39 is 24.3 Å². The third kappa shape index (κ3) is 5.63. The maximum absolute atomic E-state index is 12.2. The van der Waals surface area contributed by atoms with E-state index in [0.29, 0.717) is 5.75 Å². The van der Waals surface area contributed by atoms with Crippen LogP contribution in [0.3, 0.4) is 0 Å². The number of halogens is 3. The minimum absolute atomic E-state index is 0.179. The smallest absolute Gasteiger partial charge is 0.412 e. The first-order valence-electron chi connectivity index (χ1n) is 5.96. The van der Waals surface area contributed by atoms with Crippen LogP contribution in [0.2, 0.25) is 0 Å². The van der Waals surface area contributed by atoms with E-state index >= 15 is 0 Å². The number of hydrogen-bond acceptors (Lipinski definition) is 3. The van der Waals surface area contributed by atoms with Crippen LogP contribution in [0, 0.1) is 0 Å². The molecule has 1 rings (SSSR count). The number of alkyl halides is 3. The van der Waals surface area contributed by atoms with E-state index in [1.54, 1.807) is 31.4 Å². The summed E-state index contributed by atoms with van der Waals surface area (Å²) in [6.07, 6.45) is -6.24. The predicted molar refractivity (Wildman–Crippen MR) is 68.5 cm³/mol. The van der Waals surface area contributed by atoms with Gasteiger partial charge in [-0.15, -0.1) is 0 Å². The Balaban J connectivity index is 2.31. The molecular weight excluding hydrogens is 273 g/mol. The van der Waals surface area contributed by atoms with Crippen LogP contribution in [-0.2, 0) is 11.3 Å². The number of methoxy groups -OCH3 is 1. The van der Waals surface area contributed by atoms with Crippen LogP contribution in [0.4, 0.5) is 13.2 Å². The molecule has 3 nitrogen and oxygen atoms in total. The topological polar surface area (TPSA) is 38.7 Å². The molecule has 112 valence electrons. The van der Waals surface area contributed by atoms with Crippen LogP contribution in [0.25, 0.3) is 0 Å². The zero-order valence-corrected chi connectivity index (χ0v) is 11.1. The van der Waals surface area contributed by atoms with Gasteiger partial charge in [-0.25, -0.2) is 0 Å². The second-order valence-corrected chi connectivity index (χ2v) is 4.32. The normalized spacial score (nSPS) is 13.1. The lowest BCUT2D eigenvalue weighted by molar-refractivity contribution is -0.0984. The fourth-order valence-electron chi connectivity index (χ4n) is 1.49. The van der Waals surface area contributed by atoms with Crippen LogP contribution in [0.1, 0.15) is 12.0 Å². The summed E-state index contributed by atoms with van der Waals surface area (Å²) in [7, 11) is 1.55. The van der Waals surface area contributed by atoms with Gasteiger partial charge in [0, 0.05) is 12.0 Å². The first-order chi connectivity index (χ1) is 9.32. The van der Waals surface area contributed by atoms with E-state index in [-0.39, 0.29) is 13.2 Å². The number of rotatable bonds is 7. The van der Waals surface area contributed by atoms with Crippen LogP contribution < -0.4 is 4.74 Å². The van der Waals surface area contributed by atoms with E-state index in [2.05, 4.69) is 6.58 Å². The van der Waals surface area contributed by atoms with Crippen molar-refractivity contribution < 1.29 is 27.8 Å². The van der Waals surface area contributed by atoms with Gasteiger partial charge in [0.05, 0.1) is 26.4 Å². The van der Waals surface area contributed by atoms with Gasteiger partial charge in [-0.1, -0.05) is 18.7 Å². The van der Waals surface area contributed by atoms with Crippen molar-refractivity contribution in [1.29, 1.82) is 0 Å². The summed E-state index contributed by atoms with van der Waals surface area (Å²) >= 11 is 0. The predicted octanol–water partition coefficient (Wildman–Crippen LogP) is 3.08. The molecule has 1 aromatic carbocycles. The van der Waals surface area contributed by atoms with Gasteiger partial charge in [0.1, 0.15) is 5.75 Å². The fourth-order valence-corrected chi connectivity index (χ4v) is 1.49. The fraction of sp³-hybridized carbons (Fsp3) is 0.429. The SMILES string of the molecule is C=C(C[C@@H](O)COCc1ccc(OC)cc1)C(F)(F)F. The number of aliphatic hydroxyl groups excluding tert-OH is 1. The summed E-state index contributed by atoms with van der Waals surface area (Å²) in [5.41, 5.74) is -0.120. The molecule has 1 N–H and O–H groups in total. The summed E-state index contributed by atoms with van der Waals surface area (Å²) in [6.45, 7) is 2.93. The largest absolute Gasteiger partial charge is 0.497 e. The third-order valence-electron chi connectivity index (χ3n) is 2.62. The lowest BCUT2D eigenvalue weighted by Crippen LogP contribution is -2.21. The maximum Gasteiger partial charge on any atom is 0.412 e. The lowest BCUT2D eigenvalue weighted by atomic mass is 10.1. The molecule has 0 amide bonds. The van der Waals surface area contributed by atoms with Crippen molar-refractivity contribution in [3.8, 4) is 5.75 Å². The average molecular weight is 290 g/mol. The van der Waals surface area contributed by atoms with E-state index in [9.17, 15) is 18.3 Å². The molecule has 0 spiro atoms. The van der Waals surface area contributed by atoms with E-state index in [1.165, 1.54) is 0 Å². The summed E-state index contributed by atoms with van der Waals surface area (Å²) in [5.74, 6) is 0.704. The van der Waals surface area contributed by atoms with Crippen LogP contribution in [0.5, 0.6) is 5.75 Å². The molecule has 0 saturated carbocycles. The summed E-state index contributed by atoms with van der Waals surface area (Å²) in [4.78, 5) is 0. The second kappa shape index (κ2) is 7.31. The first kappa shape index (κ1) is 16.5. The van der Waals surface area contributed by atoms with Crippen LogP contribution in [-0.4, -0.2) is 31.1 Å². The molecule has 0 heterocycles. The highest BCUT2D eigenvalue weighted by Crippen LogP contribution is 2.27. The zero-order valence-electron chi connectivity index (χ0n) is 11.1. The molecule has 6 heteroatoms. The molecular formula is C14H17F3O3. The number of ether oxygens (including phenoxy) is 2.